The Hall–Kier alpha value is -2.04. The van der Waals surface area contributed by atoms with Crippen molar-refractivity contribution in [2.24, 2.45) is 5.92 Å². The maximum absolute atomic E-state index is 12.4. The lowest BCUT2D eigenvalue weighted by Gasteiger charge is -2.25. The molecule has 0 aromatic heterocycles. The lowest BCUT2D eigenvalue weighted by molar-refractivity contribution is 0.0963. The van der Waals surface area contributed by atoms with Crippen molar-refractivity contribution >= 4 is 17.6 Å². The highest BCUT2D eigenvalue weighted by atomic mass is 16.2. The molecule has 1 aliphatic heterocycles. The molecule has 0 spiro atoms. The fourth-order valence-electron chi connectivity index (χ4n) is 3.09. The van der Waals surface area contributed by atoms with Gasteiger partial charge in [-0.1, -0.05) is 6.07 Å². The van der Waals surface area contributed by atoms with Crippen LogP contribution in [0.2, 0.25) is 0 Å². The predicted octanol–water partition coefficient (Wildman–Crippen LogP) is 2.45. The molecule has 2 fully saturated rings. The molecule has 1 aliphatic carbocycles. The van der Waals surface area contributed by atoms with E-state index in [9.17, 15) is 9.59 Å². The van der Waals surface area contributed by atoms with Crippen LogP contribution in [0.3, 0.4) is 0 Å². The van der Waals surface area contributed by atoms with Crippen molar-refractivity contribution in [1.29, 1.82) is 0 Å². The van der Waals surface area contributed by atoms with Gasteiger partial charge in [-0.05, 0) is 49.8 Å². The zero-order valence-electron chi connectivity index (χ0n) is 12.3. The van der Waals surface area contributed by atoms with Crippen LogP contribution < -0.4 is 10.6 Å². The Bertz CT molecular complexity index is 554. The SMILES string of the molecule is CNC(=O)c1cccc(NC(=O)N2CCCC2C2CC2)c1. The van der Waals surface area contributed by atoms with Crippen LogP contribution in [0, 0.1) is 5.92 Å². The Kier molecular flexibility index (Phi) is 3.82. The van der Waals surface area contributed by atoms with E-state index < -0.39 is 0 Å². The van der Waals surface area contributed by atoms with Gasteiger partial charge < -0.3 is 15.5 Å². The van der Waals surface area contributed by atoms with Crippen LogP contribution in [0.15, 0.2) is 24.3 Å². The van der Waals surface area contributed by atoms with Crippen LogP contribution in [0.1, 0.15) is 36.0 Å². The Morgan fingerprint density at radius 3 is 2.76 bits per heavy atom. The second-order valence-electron chi connectivity index (χ2n) is 5.83. The molecule has 3 rings (SSSR count). The van der Waals surface area contributed by atoms with E-state index in [-0.39, 0.29) is 11.9 Å². The third kappa shape index (κ3) is 3.01. The number of hydrogen-bond donors (Lipinski definition) is 2. The monoisotopic (exact) mass is 287 g/mol. The van der Waals surface area contributed by atoms with E-state index in [1.165, 1.54) is 12.8 Å². The van der Waals surface area contributed by atoms with Gasteiger partial charge in [0.15, 0.2) is 0 Å². The minimum Gasteiger partial charge on any atom is -0.355 e. The Morgan fingerprint density at radius 1 is 1.24 bits per heavy atom. The topological polar surface area (TPSA) is 61.4 Å². The van der Waals surface area contributed by atoms with Crippen LogP contribution in [0.25, 0.3) is 0 Å². The molecule has 0 bridgehead atoms. The molecule has 1 aromatic rings. The molecule has 5 heteroatoms. The van der Waals surface area contributed by atoms with Crippen LogP contribution in [-0.4, -0.2) is 36.5 Å². The second kappa shape index (κ2) is 5.76. The maximum Gasteiger partial charge on any atom is 0.322 e. The molecular weight excluding hydrogens is 266 g/mol. The molecule has 2 aliphatic rings. The Balaban J connectivity index is 1.68. The van der Waals surface area contributed by atoms with E-state index in [1.807, 2.05) is 11.0 Å². The molecule has 1 saturated carbocycles. The summed E-state index contributed by atoms with van der Waals surface area (Å²) in [7, 11) is 1.60. The summed E-state index contributed by atoms with van der Waals surface area (Å²) >= 11 is 0. The lowest BCUT2D eigenvalue weighted by Crippen LogP contribution is -2.39. The van der Waals surface area contributed by atoms with Crippen molar-refractivity contribution < 1.29 is 9.59 Å². The average molecular weight is 287 g/mol. The summed E-state index contributed by atoms with van der Waals surface area (Å²) in [6.45, 7) is 0.835. The number of urea groups is 1. The number of benzene rings is 1. The normalized spacial score (nSPS) is 21.2. The van der Waals surface area contributed by atoms with Gasteiger partial charge in [-0.25, -0.2) is 4.79 Å². The highest BCUT2D eigenvalue weighted by Crippen LogP contribution is 2.40. The molecule has 5 nitrogen and oxygen atoms in total. The van der Waals surface area contributed by atoms with Crippen LogP contribution in [0.4, 0.5) is 10.5 Å². The summed E-state index contributed by atoms with van der Waals surface area (Å²) < 4.78 is 0. The standard InChI is InChI=1S/C16H21N3O2/c1-17-15(20)12-4-2-5-13(10-12)18-16(21)19-9-3-6-14(19)11-7-8-11/h2,4-5,10-11,14H,3,6-9H2,1H3,(H,17,20)(H,18,21). The van der Waals surface area contributed by atoms with E-state index in [0.29, 0.717) is 23.2 Å². The average Bonchev–Trinajstić information content (AvgIpc) is 3.23. The highest BCUT2D eigenvalue weighted by Gasteiger charge is 2.40. The summed E-state index contributed by atoms with van der Waals surface area (Å²) in [4.78, 5) is 26.0. The van der Waals surface area contributed by atoms with Crippen molar-refractivity contribution in [2.45, 2.75) is 31.7 Å². The molecule has 1 aromatic carbocycles. The molecule has 21 heavy (non-hydrogen) atoms. The minimum atomic E-state index is -0.150. The van der Waals surface area contributed by atoms with E-state index >= 15 is 0 Å². The first-order chi connectivity index (χ1) is 10.2. The number of rotatable bonds is 3. The number of nitrogens with one attached hydrogen (secondary N) is 2. The smallest absolute Gasteiger partial charge is 0.322 e. The summed E-state index contributed by atoms with van der Waals surface area (Å²) in [5, 5.41) is 5.51. The minimum absolute atomic E-state index is 0.0431. The largest absolute Gasteiger partial charge is 0.355 e. The fraction of sp³-hybridized carbons (Fsp3) is 0.500. The molecule has 112 valence electrons. The maximum atomic E-state index is 12.4. The zero-order chi connectivity index (χ0) is 14.8. The third-order valence-electron chi connectivity index (χ3n) is 4.33. The number of carbonyl (C=O) groups excluding carboxylic acids is 2. The predicted molar refractivity (Wildman–Crippen MR) is 81.3 cm³/mol. The van der Waals surface area contributed by atoms with Crippen LogP contribution in [-0.2, 0) is 0 Å². The van der Waals surface area contributed by atoms with Gasteiger partial charge in [0, 0.05) is 30.9 Å². The van der Waals surface area contributed by atoms with Gasteiger partial charge in [-0.3, -0.25) is 4.79 Å². The molecule has 1 atom stereocenters. The van der Waals surface area contributed by atoms with Crippen molar-refractivity contribution in [3.05, 3.63) is 29.8 Å². The van der Waals surface area contributed by atoms with Crippen molar-refractivity contribution in [2.75, 3.05) is 18.9 Å². The lowest BCUT2D eigenvalue weighted by atomic mass is 10.1. The fourth-order valence-corrected chi connectivity index (χ4v) is 3.09. The summed E-state index contributed by atoms with van der Waals surface area (Å²) in [6.07, 6.45) is 4.71. The molecular formula is C16H21N3O2. The van der Waals surface area contributed by atoms with Crippen molar-refractivity contribution in [1.82, 2.24) is 10.2 Å². The quantitative estimate of drug-likeness (QED) is 0.897. The number of amides is 3. The molecule has 2 N–H and O–H groups in total. The Morgan fingerprint density at radius 2 is 2.05 bits per heavy atom. The number of hydrogen-bond acceptors (Lipinski definition) is 2. The summed E-state index contributed by atoms with van der Waals surface area (Å²) in [6, 6.07) is 7.40. The van der Waals surface area contributed by atoms with E-state index in [1.54, 1.807) is 25.2 Å². The summed E-state index contributed by atoms with van der Waals surface area (Å²) in [5.41, 5.74) is 1.22. The number of nitrogens with zero attached hydrogens (tertiary/aromatic N) is 1. The van der Waals surface area contributed by atoms with Gasteiger partial charge >= 0.3 is 6.03 Å². The Labute approximate surface area is 124 Å². The van der Waals surface area contributed by atoms with Gasteiger partial charge in [0.2, 0.25) is 0 Å². The first-order valence-electron chi connectivity index (χ1n) is 7.59. The first kappa shape index (κ1) is 13.9. The number of likely N-dealkylation sites (tertiary alicyclic amines) is 1. The van der Waals surface area contributed by atoms with E-state index in [2.05, 4.69) is 10.6 Å². The molecule has 1 unspecified atom stereocenters. The number of carbonyl (C=O) groups is 2. The molecule has 0 radical (unpaired) electrons. The van der Waals surface area contributed by atoms with Crippen LogP contribution >= 0.6 is 0 Å². The zero-order valence-corrected chi connectivity index (χ0v) is 12.3. The summed E-state index contributed by atoms with van der Waals surface area (Å²) in [5.74, 6) is 0.554. The van der Waals surface area contributed by atoms with E-state index in [0.717, 1.165) is 19.4 Å². The molecule has 1 saturated heterocycles. The van der Waals surface area contributed by atoms with E-state index in [4.69, 9.17) is 0 Å². The van der Waals surface area contributed by atoms with Crippen molar-refractivity contribution in [3.63, 3.8) is 0 Å². The molecule has 3 amide bonds. The highest BCUT2D eigenvalue weighted by molar-refractivity contribution is 5.96. The van der Waals surface area contributed by atoms with Crippen LogP contribution in [0.5, 0.6) is 0 Å². The second-order valence-corrected chi connectivity index (χ2v) is 5.83. The van der Waals surface area contributed by atoms with Gasteiger partial charge in [-0.2, -0.15) is 0 Å². The first-order valence-corrected chi connectivity index (χ1v) is 7.59. The third-order valence-corrected chi connectivity index (χ3v) is 4.33. The molecule has 1 heterocycles. The van der Waals surface area contributed by atoms with Gasteiger partial charge in [0.1, 0.15) is 0 Å². The van der Waals surface area contributed by atoms with Gasteiger partial charge in [0.05, 0.1) is 0 Å². The van der Waals surface area contributed by atoms with Gasteiger partial charge in [0.25, 0.3) is 5.91 Å². The van der Waals surface area contributed by atoms with Crippen molar-refractivity contribution in [3.8, 4) is 0 Å². The number of anilines is 1. The van der Waals surface area contributed by atoms with Gasteiger partial charge in [-0.15, -0.1) is 0 Å².